The van der Waals surface area contributed by atoms with Gasteiger partial charge < -0.3 is 0 Å². The summed E-state index contributed by atoms with van der Waals surface area (Å²) >= 11 is 0. The summed E-state index contributed by atoms with van der Waals surface area (Å²) < 4.78 is 0. The van der Waals surface area contributed by atoms with Crippen LogP contribution >= 0.6 is 0 Å². The second-order valence-electron chi connectivity index (χ2n) is 4.53. The molecule has 0 saturated carbocycles. The molecular formula is C10H23N3O. The Hall–Kier alpha value is -0.610. The van der Waals surface area contributed by atoms with E-state index in [1.165, 1.54) is 0 Å². The Morgan fingerprint density at radius 1 is 1.36 bits per heavy atom. The summed E-state index contributed by atoms with van der Waals surface area (Å²) in [6, 6.07) is -0.137. The van der Waals surface area contributed by atoms with E-state index in [0.29, 0.717) is 5.92 Å². The van der Waals surface area contributed by atoms with Gasteiger partial charge in [0.05, 0.1) is 6.04 Å². The molecular weight excluding hydrogens is 178 g/mol. The van der Waals surface area contributed by atoms with Crippen molar-refractivity contribution in [3.05, 3.63) is 0 Å². The predicted molar refractivity (Wildman–Crippen MR) is 58.4 cm³/mol. The van der Waals surface area contributed by atoms with E-state index in [9.17, 15) is 4.79 Å². The van der Waals surface area contributed by atoms with Gasteiger partial charge in [0.25, 0.3) is 5.91 Å². The zero-order valence-electron chi connectivity index (χ0n) is 9.87. The molecule has 0 fully saturated rings. The zero-order valence-corrected chi connectivity index (χ0v) is 9.87. The molecule has 0 aliphatic carbocycles. The second kappa shape index (κ2) is 5.98. The van der Waals surface area contributed by atoms with Crippen molar-refractivity contribution >= 4 is 5.91 Å². The summed E-state index contributed by atoms with van der Waals surface area (Å²) in [5.74, 6) is 5.86. The summed E-state index contributed by atoms with van der Waals surface area (Å²) in [5, 5.41) is 0. The third kappa shape index (κ3) is 4.07. The molecule has 1 unspecified atom stereocenters. The van der Waals surface area contributed by atoms with Gasteiger partial charge >= 0.3 is 0 Å². The molecule has 3 N–H and O–H groups in total. The van der Waals surface area contributed by atoms with Crippen LogP contribution in [0.4, 0.5) is 0 Å². The first-order chi connectivity index (χ1) is 6.40. The van der Waals surface area contributed by atoms with E-state index in [2.05, 4.69) is 24.2 Å². The number of hydrazine groups is 1. The molecule has 0 aromatic rings. The molecule has 0 radical (unpaired) electrons. The molecule has 0 saturated heterocycles. The van der Waals surface area contributed by atoms with Crippen molar-refractivity contribution in [1.29, 1.82) is 0 Å². The monoisotopic (exact) mass is 201 g/mol. The van der Waals surface area contributed by atoms with Gasteiger partial charge in [-0.2, -0.15) is 0 Å². The van der Waals surface area contributed by atoms with Crippen molar-refractivity contribution in [3.63, 3.8) is 0 Å². The van der Waals surface area contributed by atoms with Gasteiger partial charge in [-0.1, -0.05) is 27.7 Å². The van der Waals surface area contributed by atoms with Crippen LogP contribution in [0.5, 0.6) is 0 Å². The number of rotatable bonds is 5. The molecule has 84 valence electrons. The van der Waals surface area contributed by atoms with E-state index < -0.39 is 0 Å². The van der Waals surface area contributed by atoms with Gasteiger partial charge in [-0.15, -0.1) is 0 Å². The summed E-state index contributed by atoms with van der Waals surface area (Å²) in [6.45, 7) is 9.21. The number of carbonyl (C=O) groups excluding carboxylic acids is 1. The number of hydrogen-bond acceptors (Lipinski definition) is 3. The molecule has 0 heterocycles. The van der Waals surface area contributed by atoms with Gasteiger partial charge in [0.15, 0.2) is 0 Å². The molecule has 1 atom stereocenters. The normalized spacial score (nSPS) is 13.8. The molecule has 4 nitrogen and oxygen atoms in total. The highest BCUT2D eigenvalue weighted by atomic mass is 16.2. The van der Waals surface area contributed by atoms with E-state index >= 15 is 0 Å². The van der Waals surface area contributed by atoms with Gasteiger partial charge in [0.1, 0.15) is 0 Å². The summed E-state index contributed by atoms with van der Waals surface area (Å²) in [6.07, 6.45) is 0. The predicted octanol–water partition coefficient (Wildman–Crippen LogP) is 0.589. The first kappa shape index (κ1) is 13.4. The summed E-state index contributed by atoms with van der Waals surface area (Å²) in [5.41, 5.74) is 2.22. The van der Waals surface area contributed by atoms with E-state index in [-0.39, 0.29) is 17.9 Å². The minimum Gasteiger partial charge on any atom is -0.295 e. The van der Waals surface area contributed by atoms with E-state index in [1.54, 1.807) is 0 Å². The van der Waals surface area contributed by atoms with Crippen LogP contribution in [0.15, 0.2) is 0 Å². The standard InChI is InChI=1S/C10H23N3O/c1-7(2)6-13(5)9(8(3)4)10(14)12-11/h7-9H,6,11H2,1-5H3,(H,12,14). The highest BCUT2D eigenvalue weighted by molar-refractivity contribution is 5.81. The number of hydrogen-bond donors (Lipinski definition) is 2. The van der Waals surface area contributed by atoms with Gasteiger partial charge in [-0.05, 0) is 18.9 Å². The minimum atomic E-state index is -0.137. The van der Waals surface area contributed by atoms with Crippen LogP contribution in [-0.2, 0) is 4.79 Å². The lowest BCUT2D eigenvalue weighted by Gasteiger charge is -2.30. The van der Waals surface area contributed by atoms with Crippen LogP contribution in [-0.4, -0.2) is 30.4 Å². The van der Waals surface area contributed by atoms with Crippen molar-refractivity contribution in [2.45, 2.75) is 33.7 Å². The Morgan fingerprint density at radius 3 is 2.14 bits per heavy atom. The van der Waals surface area contributed by atoms with Crippen LogP contribution in [0, 0.1) is 11.8 Å². The minimum absolute atomic E-state index is 0.108. The van der Waals surface area contributed by atoms with E-state index in [4.69, 9.17) is 5.84 Å². The highest BCUT2D eigenvalue weighted by Crippen LogP contribution is 2.10. The Bertz CT molecular complexity index is 180. The number of nitrogens with one attached hydrogen (secondary N) is 1. The number of nitrogens with zero attached hydrogens (tertiary/aromatic N) is 1. The van der Waals surface area contributed by atoms with Crippen molar-refractivity contribution < 1.29 is 4.79 Å². The highest BCUT2D eigenvalue weighted by Gasteiger charge is 2.25. The van der Waals surface area contributed by atoms with Gasteiger partial charge in [-0.25, -0.2) is 5.84 Å². The average molecular weight is 201 g/mol. The lowest BCUT2D eigenvalue weighted by atomic mass is 10.0. The number of likely N-dealkylation sites (N-methyl/N-ethyl adjacent to an activating group) is 1. The van der Waals surface area contributed by atoms with Crippen molar-refractivity contribution in [1.82, 2.24) is 10.3 Å². The molecule has 0 aliphatic heterocycles. The summed E-state index contributed by atoms with van der Waals surface area (Å²) in [4.78, 5) is 13.6. The Labute approximate surface area is 86.8 Å². The van der Waals surface area contributed by atoms with Crippen LogP contribution in [0.3, 0.4) is 0 Å². The topological polar surface area (TPSA) is 58.4 Å². The average Bonchev–Trinajstić information content (AvgIpc) is 2.01. The van der Waals surface area contributed by atoms with Crippen LogP contribution in [0.25, 0.3) is 0 Å². The lowest BCUT2D eigenvalue weighted by molar-refractivity contribution is -0.127. The van der Waals surface area contributed by atoms with Gasteiger partial charge in [0.2, 0.25) is 0 Å². The fraction of sp³-hybridized carbons (Fsp3) is 0.900. The largest absolute Gasteiger partial charge is 0.295 e. The molecule has 0 aromatic carbocycles. The maximum absolute atomic E-state index is 11.5. The molecule has 0 aliphatic rings. The van der Waals surface area contributed by atoms with Gasteiger partial charge in [0, 0.05) is 6.54 Å². The van der Waals surface area contributed by atoms with Crippen LogP contribution < -0.4 is 11.3 Å². The van der Waals surface area contributed by atoms with Crippen molar-refractivity contribution in [2.24, 2.45) is 17.7 Å². The fourth-order valence-electron chi connectivity index (χ4n) is 1.79. The molecule has 1 amide bonds. The molecule has 4 heteroatoms. The molecule has 0 rings (SSSR count). The Balaban J connectivity index is 4.41. The number of carbonyl (C=O) groups is 1. The molecule has 0 bridgehead atoms. The van der Waals surface area contributed by atoms with E-state index in [1.807, 2.05) is 20.9 Å². The van der Waals surface area contributed by atoms with E-state index in [0.717, 1.165) is 6.54 Å². The third-order valence-corrected chi connectivity index (χ3v) is 2.17. The first-order valence-corrected chi connectivity index (χ1v) is 5.10. The zero-order chi connectivity index (χ0) is 11.3. The number of nitrogens with two attached hydrogens (primary N) is 1. The molecule has 14 heavy (non-hydrogen) atoms. The Morgan fingerprint density at radius 2 is 1.86 bits per heavy atom. The Kier molecular flexibility index (Phi) is 5.72. The van der Waals surface area contributed by atoms with Gasteiger partial charge in [-0.3, -0.25) is 15.1 Å². The van der Waals surface area contributed by atoms with Crippen LogP contribution in [0.2, 0.25) is 0 Å². The fourth-order valence-corrected chi connectivity index (χ4v) is 1.79. The van der Waals surface area contributed by atoms with Crippen LogP contribution in [0.1, 0.15) is 27.7 Å². The molecule has 0 spiro atoms. The SMILES string of the molecule is CC(C)CN(C)C(C(=O)NN)C(C)C. The third-order valence-electron chi connectivity index (χ3n) is 2.17. The van der Waals surface area contributed by atoms with Crippen molar-refractivity contribution in [3.8, 4) is 0 Å². The quantitative estimate of drug-likeness (QED) is 0.389. The van der Waals surface area contributed by atoms with Crippen molar-refractivity contribution in [2.75, 3.05) is 13.6 Å². The smallest absolute Gasteiger partial charge is 0.251 e. The molecule has 0 aromatic heterocycles. The number of amides is 1. The maximum atomic E-state index is 11.5. The second-order valence-corrected chi connectivity index (χ2v) is 4.53. The summed E-state index contributed by atoms with van der Waals surface area (Å²) in [7, 11) is 1.96. The lowest BCUT2D eigenvalue weighted by Crippen LogP contribution is -2.51. The first-order valence-electron chi connectivity index (χ1n) is 5.10. The maximum Gasteiger partial charge on any atom is 0.251 e.